The predicted molar refractivity (Wildman–Crippen MR) is 89.0 cm³/mol. The van der Waals surface area contributed by atoms with E-state index in [-0.39, 0.29) is 12.5 Å². The fourth-order valence-corrected chi connectivity index (χ4v) is 1.75. The minimum Gasteiger partial charge on any atom is -0.495 e. The summed E-state index contributed by atoms with van der Waals surface area (Å²) in [6.45, 7) is 2.38. The number of nitrogens with one attached hydrogen (secondary N) is 2. The molecule has 0 fully saturated rings. The third kappa shape index (κ3) is 7.51. The molecule has 2 amide bonds. The van der Waals surface area contributed by atoms with E-state index in [4.69, 9.17) is 21.2 Å². The Hall–Kier alpha value is -2.28. The number of methoxy groups -OCH3 is 1. The number of hydrogen-bond donors (Lipinski definition) is 2. The summed E-state index contributed by atoms with van der Waals surface area (Å²) in [5.41, 5.74) is 0.411. The quantitative estimate of drug-likeness (QED) is 0.409. The number of oxime groups is 1. The van der Waals surface area contributed by atoms with Crippen molar-refractivity contribution in [3.63, 3.8) is 0 Å². The Morgan fingerprint density at radius 2 is 2.17 bits per heavy atom. The molecule has 126 valence electrons. The Labute approximate surface area is 140 Å². The SMILES string of the molecule is CCCCNC(=O)CO/N=C\C(=O)Nc1cc(Cl)ccc1OC. The van der Waals surface area contributed by atoms with Gasteiger partial charge in [0.25, 0.3) is 11.8 Å². The molecular weight excluding hydrogens is 322 g/mol. The molecule has 0 unspecified atom stereocenters. The van der Waals surface area contributed by atoms with Gasteiger partial charge >= 0.3 is 0 Å². The zero-order valence-corrected chi connectivity index (χ0v) is 13.9. The maximum atomic E-state index is 11.7. The highest BCUT2D eigenvalue weighted by molar-refractivity contribution is 6.33. The minimum absolute atomic E-state index is 0.242. The molecule has 0 aromatic heterocycles. The van der Waals surface area contributed by atoms with Gasteiger partial charge in [-0.05, 0) is 24.6 Å². The summed E-state index contributed by atoms with van der Waals surface area (Å²) in [7, 11) is 1.48. The lowest BCUT2D eigenvalue weighted by molar-refractivity contribution is -0.125. The molecule has 0 aliphatic heterocycles. The van der Waals surface area contributed by atoms with Crippen molar-refractivity contribution in [3.8, 4) is 5.75 Å². The molecule has 0 heterocycles. The summed E-state index contributed by atoms with van der Waals surface area (Å²) in [5.74, 6) is -0.350. The van der Waals surface area contributed by atoms with Crippen molar-refractivity contribution in [1.29, 1.82) is 0 Å². The maximum Gasteiger partial charge on any atom is 0.270 e. The number of nitrogens with zero attached hydrogens (tertiary/aromatic N) is 1. The van der Waals surface area contributed by atoms with Gasteiger partial charge in [0.05, 0.1) is 12.8 Å². The van der Waals surface area contributed by atoms with E-state index >= 15 is 0 Å². The van der Waals surface area contributed by atoms with Gasteiger partial charge in [-0.15, -0.1) is 0 Å². The van der Waals surface area contributed by atoms with Gasteiger partial charge < -0.3 is 20.2 Å². The predicted octanol–water partition coefficient (Wildman–Crippen LogP) is 2.21. The molecule has 0 radical (unpaired) electrons. The fourth-order valence-electron chi connectivity index (χ4n) is 1.58. The lowest BCUT2D eigenvalue weighted by Crippen LogP contribution is -2.27. The topological polar surface area (TPSA) is 89.0 Å². The van der Waals surface area contributed by atoms with Crippen LogP contribution in [0.2, 0.25) is 5.02 Å². The number of anilines is 1. The van der Waals surface area contributed by atoms with Crippen LogP contribution in [0.3, 0.4) is 0 Å². The van der Waals surface area contributed by atoms with Crippen LogP contribution < -0.4 is 15.4 Å². The normalized spacial score (nSPS) is 10.4. The van der Waals surface area contributed by atoms with Gasteiger partial charge in [-0.25, -0.2) is 0 Å². The lowest BCUT2D eigenvalue weighted by Gasteiger charge is -2.08. The lowest BCUT2D eigenvalue weighted by atomic mass is 10.3. The number of carbonyl (C=O) groups excluding carboxylic acids is 2. The molecule has 8 heteroatoms. The first kappa shape index (κ1) is 18.8. The molecule has 2 N–H and O–H groups in total. The summed E-state index contributed by atoms with van der Waals surface area (Å²) in [6.07, 6.45) is 2.82. The third-order valence-electron chi connectivity index (χ3n) is 2.71. The van der Waals surface area contributed by atoms with Gasteiger partial charge in [-0.1, -0.05) is 30.1 Å². The molecular formula is C15H20ClN3O4. The van der Waals surface area contributed by atoms with E-state index < -0.39 is 5.91 Å². The molecule has 0 spiro atoms. The van der Waals surface area contributed by atoms with Gasteiger partial charge in [-0.3, -0.25) is 9.59 Å². The van der Waals surface area contributed by atoms with E-state index in [1.165, 1.54) is 7.11 Å². The van der Waals surface area contributed by atoms with Crippen LogP contribution in [-0.2, 0) is 14.4 Å². The Kier molecular flexibility index (Phi) is 8.52. The monoisotopic (exact) mass is 341 g/mol. The number of halogens is 1. The van der Waals surface area contributed by atoms with E-state index in [0.29, 0.717) is 23.0 Å². The van der Waals surface area contributed by atoms with E-state index in [0.717, 1.165) is 19.1 Å². The number of rotatable bonds is 9. The van der Waals surface area contributed by atoms with Crippen LogP contribution in [-0.4, -0.2) is 38.3 Å². The summed E-state index contributed by atoms with van der Waals surface area (Å²) in [5, 5.41) is 9.12. The number of carbonyl (C=O) groups is 2. The van der Waals surface area contributed by atoms with Crippen LogP contribution in [0.1, 0.15) is 19.8 Å². The van der Waals surface area contributed by atoms with Crippen molar-refractivity contribution in [3.05, 3.63) is 23.2 Å². The van der Waals surface area contributed by atoms with Crippen LogP contribution in [0.25, 0.3) is 0 Å². The van der Waals surface area contributed by atoms with Crippen molar-refractivity contribution in [1.82, 2.24) is 5.32 Å². The fraction of sp³-hybridized carbons (Fsp3) is 0.400. The van der Waals surface area contributed by atoms with E-state index in [2.05, 4.69) is 15.8 Å². The molecule has 0 atom stereocenters. The number of benzene rings is 1. The molecule has 1 rings (SSSR count). The van der Waals surface area contributed by atoms with Crippen LogP contribution in [0.5, 0.6) is 5.75 Å². The highest BCUT2D eigenvalue weighted by Crippen LogP contribution is 2.27. The zero-order valence-electron chi connectivity index (χ0n) is 13.1. The van der Waals surface area contributed by atoms with E-state index in [9.17, 15) is 9.59 Å². The van der Waals surface area contributed by atoms with Gasteiger partial charge in [0.1, 0.15) is 12.0 Å². The third-order valence-corrected chi connectivity index (χ3v) is 2.95. The number of ether oxygens (including phenoxy) is 1. The summed E-state index contributed by atoms with van der Waals surface area (Å²) in [6, 6.07) is 4.82. The van der Waals surface area contributed by atoms with Crippen LogP contribution in [0, 0.1) is 0 Å². The van der Waals surface area contributed by atoms with E-state index in [1.807, 2.05) is 6.92 Å². The molecule has 0 aliphatic rings. The van der Waals surface area contributed by atoms with Gasteiger partial charge in [0, 0.05) is 11.6 Å². The number of amides is 2. The summed E-state index contributed by atoms with van der Waals surface area (Å²) in [4.78, 5) is 27.8. The zero-order chi connectivity index (χ0) is 17.1. The van der Waals surface area contributed by atoms with Crippen LogP contribution in [0.4, 0.5) is 5.69 Å². The smallest absolute Gasteiger partial charge is 0.270 e. The maximum absolute atomic E-state index is 11.7. The largest absolute Gasteiger partial charge is 0.495 e. The summed E-state index contributed by atoms with van der Waals surface area (Å²) >= 11 is 5.86. The molecule has 0 saturated heterocycles. The Bertz CT molecular complexity index is 564. The average molecular weight is 342 g/mol. The molecule has 0 saturated carbocycles. The Morgan fingerprint density at radius 3 is 2.87 bits per heavy atom. The first-order valence-corrected chi connectivity index (χ1v) is 7.51. The molecule has 7 nitrogen and oxygen atoms in total. The molecule has 1 aromatic rings. The second kappa shape index (κ2) is 10.4. The first-order valence-electron chi connectivity index (χ1n) is 7.13. The second-order valence-corrected chi connectivity index (χ2v) is 4.98. The van der Waals surface area contributed by atoms with Crippen molar-refractivity contribution in [2.75, 3.05) is 25.6 Å². The standard InChI is InChI=1S/C15H20ClN3O4/c1-3-4-7-17-15(21)10-23-18-9-14(20)19-12-8-11(16)5-6-13(12)22-2/h5-6,8-9H,3-4,7,10H2,1-2H3,(H,17,21)(H,19,20)/b18-9-. The molecule has 23 heavy (non-hydrogen) atoms. The van der Waals surface area contributed by atoms with Crippen molar-refractivity contribution < 1.29 is 19.2 Å². The Balaban J connectivity index is 2.39. The van der Waals surface area contributed by atoms with Crippen molar-refractivity contribution in [2.45, 2.75) is 19.8 Å². The Morgan fingerprint density at radius 1 is 1.39 bits per heavy atom. The summed E-state index contributed by atoms with van der Waals surface area (Å²) < 4.78 is 5.10. The van der Waals surface area contributed by atoms with Gasteiger partial charge in [0.15, 0.2) is 6.61 Å². The van der Waals surface area contributed by atoms with Crippen molar-refractivity contribution >= 4 is 35.3 Å². The van der Waals surface area contributed by atoms with Gasteiger partial charge in [0.2, 0.25) is 0 Å². The van der Waals surface area contributed by atoms with Crippen LogP contribution in [0.15, 0.2) is 23.4 Å². The average Bonchev–Trinajstić information content (AvgIpc) is 2.52. The molecule has 0 aliphatic carbocycles. The number of hydrogen-bond acceptors (Lipinski definition) is 5. The first-order chi connectivity index (χ1) is 11.1. The highest BCUT2D eigenvalue weighted by atomic mass is 35.5. The highest BCUT2D eigenvalue weighted by Gasteiger charge is 2.07. The molecule has 0 bridgehead atoms. The second-order valence-electron chi connectivity index (χ2n) is 4.55. The van der Waals surface area contributed by atoms with Crippen LogP contribution >= 0.6 is 11.6 Å². The van der Waals surface area contributed by atoms with Crippen molar-refractivity contribution in [2.24, 2.45) is 5.16 Å². The number of unbranched alkanes of at least 4 members (excludes halogenated alkanes) is 1. The van der Waals surface area contributed by atoms with E-state index in [1.54, 1.807) is 18.2 Å². The minimum atomic E-state index is -0.531. The van der Waals surface area contributed by atoms with Gasteiger partial charge in [-0.2, -0.15) is 0 Å². The molecule has 1 aromatic carbocycles.